The average Bonchev–Trinajstić information content (AvgIpc) is 2.88. The van der Waals surface area contributed by atoms with Crippen molar-refractivity contribution in [3.63, 3.8) is 0 Å². The second kappa shape index (κ2) is 7.13. The van der Waals surface area contributed by atoms with Crippen LogP contribution in [-0.4, -0.2) is 54.3 Å². The van der Waals surface area contributed by atoms with Crippen LogP contribution in [0.5, 0.6) is 0 Å². The SMILES string of the molecule is CC(C)CC1(C(=O)N2CCN(CCCl)CC2)CCCC1. The van der Waals surface area contributed by atoms with Crippen LogP contribution >= 0.6 is 11.6 Å². The van der Waals surface area contributed by atoms with Crippen LogP contribution in [0.2, 0.25) is 0 Å². The molecular weight excluding hydrogens is 272 g/mol. The molecule has 2 rings (SSSR count). The quantitative estimate of drug-likeness (QED) is 0.729. The lowest BCUT2D eigenvalue weighted by atomic mass is 9.77. The monoisotopic (exact) mass is 300 g/mol. The summed E-state index contributed by atoms with van der Waals surface area (Å²) < 4.78 is 0. The summed E-state index contributed by atoms with van der Waals surface area (Å²) in [6.07, 6.45) is 5.72. The first-order chi connectivity index (χ1) is 9.57. The standard InChI is InChI=1S/C16H29ClN2O/c1-14(2)13-16(5-3-4-6-16)15(20)19-11-9-18(8-7-17)10-12-19/h14H,3-13H2,1-2H3. The fourth-order valence-electron chi connectivity index (χ4n) is 3.97. The molecule has 0 bridgehead atoms. The number of rotatable bonds is 5. The number of alkyl halides is 1. The van der Waals surface area contributed by atoms with E-state index in [1.165, 1.54) is 12.8 Å². The molecule has 0 aromatic rings. The minimum atomic E-state index is -0.0389. The molecule has 1 heterocycles. The zero-order valence-corrected chi connectivity index (χ0v) is 13.8. The minimum absolute atomic E-state index is 0.0389. The third-order valence-electron chi connectivity index (χ3n) is 4.87. The van der Waals surface area contributed by atoms with Crippen molar-refractivity contribution in [1.29, 1.82) is 0 Å². The zero-order chi connectivity index (χ0) is 14.6. The maximum absolute atomic E-state index is 13.0. The van der Waals surface area contributed by atoms with Crippen molar-refractivity contribution in [3.05, 3.63) is 0 Å². The maximum atomic E-state index is 13.0. The Labute approximate surface area is 128 Å². The predicted molar refractivity (Wildman–Crippen MR) is 84.1 cm³/mol. The van der Waals surface area contributed by atoms with Gasteiger partial charge < -0.3 is 4.90 Å². The summed E-state index contributed by atoms with van der Waals surface area (Å²) in [7, 11) is 0. The highest BCUT2D eigenvalue weighted by Gasteiger charge is 2.43. The molecule has 116 valence electrons. The molecule has 4 heteroatoms. The molecular formula is C16H29ClN2O. The van der Waals surface area contributed by atoms with E-state index in [0.29, 0.717) is 17.7 Å². The van der Waals surface area contributed by atoms with Crippen LogP contribution in [0.3, 0.4) is 0 Å². The fraction of sp³-hybridized carbons (Fsp3) is 0.938. The van der Waals surface area contributed by atoms with E-state index in [-0.39, 0.29) is 5.41 Å². The Bertz CT molecular complexity index is 318. The summed E-state index contributed by atoms with van der Waals surface area (Å²) in [5.41, 5.74) is -0.0389. The van der Waals surface area contributed by atoms with Crippen LogP contribution in [0, 0.1) is 11.3 Å². The third-order valence-corrected chi connectivity index (χ3v) is 5.04. The number of carbonyl (C=O) groups is 1. The second-order valence-electron chi connectivity index (χ2n) is 6.91. The molecule has 1 saturated heterocycles. The highest BCUT2D eigenvalue weighted by atomic mass is 35.5. The van der Waals surface area contributed by atoms with Crippen molar-refractivity contribution in [1.82, 2.24) is 9.80 Å². The lowest BCUT2D eigenvalue weighted by molar-refractivity contribution is -0.144. The number of hydrogen-bond acceptors (Lipinski definition) is 2. The number of hydrogen-bond donors (Lipinski definition) is 0. The third kappa shape index (κ3) is 3.67. The fourth-order valence-corrected chi connectivity index (χ4v) is 4.21. The highest BCUT2D eigenvalue weighted by molar-refractivity contribution is 6.18. The molecule has 0 unspecified atom stereocenters. The maximum Gasteiger partial charge on any atom is 0.228 e. The van der Waals surface area contributed by atoms with Gasteiger partial charge in [0.1, 0.15) is 0 Å². The largest absolute Gasteiger partial charge is 0.340 e. The van der Waals surface area contributed by atoms with Gasteiger partial charge in [0, 0.05) is 44.0 Å². The molecule has 0 N–H and O–H groups in total. The van der Waals surface area contributed by atoms with Gasteiger partial charge in [-0.1, -0.05) is 26.7 Å². The van der Waals surface area contributed by atoms with Gasteiger partial charge in [-0.25, -0.2) is 0 Å². The van der Waals surface area contributed by atoms with Crippen molar-refractivity contribution in [2.24, 2.45) is 11.3 Å². The second-order valence-corrected chi connectivity index (χ2v) is 7.29. The molecule has 0 atom stereocenters. The van der Waals surface area contributed by atoms with E-state index >= 15 is 0 Å². The van der Waals surface area contributed by atoms with Gasteiger partial charge in [-0.2, -0.15) is 0 Å². The summed E-state index contributed by atoms with van der Waals surface area (Å²) in [6.45, 7) is 9.16. The van der Waals surface area contributed by atoms with Crippen LogP contribution in [0.25, 0.3) is 0 Å². The Kier molecular flexibility index (Phi) is 5.74. The van der Waals surface area contributed by atoms with E-state index in [1.807, 2.05) is 0 Å². The Morgan fingerprint density at radius 2 is 1.75 bits per heavy atom. The summed E-state index contributed by atoms with van der Waals surface area (Å²) in [4.78, 5) is 17.5. The lowest BCUT2D eigenvalue weighted by Gasteiger charge is -2.40. The van der Waals surface area contributed by atoms with E-state index in [9.17, 15) is 4.79 Å². The van der Waals surface area contributed by atoms with Gasteiger partial charge >= 0.3 is 0 Å². The molecule has 3 nitrogen and oxygen atoms in total. The van der Waals surface area contributed by atoms with Gasteiger partial charge in [-0.3, -0.25) is 9.69 Å². The molecule has 0 radical (unpaired) electrons. The average molecular weight is 301 g/mol. The van der Waals surface area contributed by atoms with Gasteiger partial charge in [0.25, 0.3) is 0 Å². The van der Waals surface area contributed by atoms with Gasteiger partial charge in [-0.05, 0) is 25.2 Å². The molecule has 2 aliphatic rings. The van der Waals surface area contributed by atoms with E-state index in [2.05, 4.69) is 23.6 Å². The predicted octanol–water partition coefficient (Wildman–Crippen LogP) is 2.98. The molecule has 1 aliphatic carbocycles. The molecule has 1 saturated carbocycles. The Morgan fingerprint density at radius 1 is 1.15 bits per heavy atom. The minimum Gasteiger partial charge on any atom is -0.340 e. The number of piperazine rings is 1. The normalized spacial score (nSPS) is 23.5. The number of halogens is 1. The van der Waals surface area contributed by atoms with E-state index in [1.54, 1.807) is 0 Å². The molecule has 0 aromatic carbocycles. The van der Waals surface area contributed by atoms with Crippen LogP contribution in [-0.2, 0) is 4.79 Å². The summed E-state index contributed by atoms with van der Waals surface area (Å²) in [5, 5.41) is 0. The van der Waals surface area contributed by atoms with Gasteiger partial charge in [-0.15, -0.1) is 11.6 Å². The van der Waals surface area contributed by atoms with Crippen molar-refractivity contribution < 1.29 is 4.79 Å². The van der Waals surface area contributed by atoms with Gasteiger partial charge in [0.05, 0.1) is 0 Å². The smallest absolute Gasteiger partial charge is 0.228 e. The molecule has 0 spiro atoms. The number of nitrogens with zero attached hydrogens (tertiary/aromatic N) is 2. The summed E-state index contributed by atoms with van der Waals surface area (Å²) in [5.74, 6) is 1.73. The molecule has 2 fully saturated rings. The number of amides is 1. The zero-order valence-electron chi connectivity index (χ0n) is 13.0. The van der Waals surface area contributed by atoms with Crippen molar-refractivity contribution in [3.8, 4) is 0 Å². The van der Waals surface area contributed by atoms with E-state index in [0.717, 1.165) is 52.0 Å². The van der Waals surface area contributed by atoms with Crippen molar-refractivity contribution in [2.45, 2.75) is 46.0 Å². The van der Waals surface area contributed by atoms with E-state index in [4.69, 9.17) is 11.6 Å². The first kappa shape index (κ1) is 16.1. The summed E-state index contributed by atoms with van der Waals surface area (Å²) in [6, 6.07) is 0. The summed E-state index contributed by atoms with van der Waals surface area (Å²) >= 11 is 5.79. The van der Waals surface area contributed by atoms with Crippen LogP contribution in [0.1, 0.15) is 46.0 Å². The van der Waals surface area contributed by atoms with Crippen LogP contribution in [0.15, 0.2) is 0 Å². The number of carbonyl (C=O) groups excluding carboxylic acids is 1. The molecule has 1 amide bonds. The molecule has 0 aromatic heterocycles. The topological polar surface area (TPSA) is 23.6 Å². The van der Waals surface area contributed by atoms with Crippen molar-refractivity contribution >= 4 is 17.5 Å². The van der Waals surface area contributed by atoms with Crippen LogP contribution < -0.4 is 0 Å². The Morgan fingerprint density at radius 3 is 2.25 bits per heavy atom. The van der Waals surface area contributed by atoms with Crippen molar-refractivity contribution in [2.75, 3.05) is 38.6 Å². The van der Waals surface area contributed by atoms with Gasteiger partial charge in [0.2, 0.25) is 5.91 Å². The van der Waals surface area contributed by atoms with Crippen LogP contribution in [0.4, 0.5) is 0 Å². The Balaban J connectivity index is 1.95. The Hall–Kier alpha value is -0.280. The highest BCUT2D eigenvalue weighted by Crippen LogP contribution is 2.44. The molecule has 20 heavy (non-hydrogen) atoms. The first-order valence-corrected chi connectivity index (χ1v) is 8.68. The molecule has 1 aliphatic heterocycles. The lowest BCUT2D eigenvalue weighted by Crippen LogP contribution is -2.53. The first-order valence-electron chi connectivity index (χ1n) is 8.15. The van der Waals surface area contributed by atoms with E-state index < -0.39 is 0 Å². The van der Waals surface area contributed by atoms with Gasteiger partial charge in [0.15, 0.2) is 0 Å².